The summed E-state index contributed by atoms with van der Waals surface area (Å²) in [5.41, 5.74) is 2.23. The molecule has 1 rings (SSSR count). The van der Waals surface area contributed by atoms with Gasteiger partial charge in [-0.05, 0) is 19.1 Å². The van der Waals surface area contributed by atoms with Crippen molar-refractivity contribution in [2.75, 3.05) is 25.6 Å². The molecule has 0 spiro atoms. The van der Waals surface area contributed by atoms with E-state index < -0.39 is 17.6 Å². The maximum absolute atomic E-state index is 12.6. The number of hydrogen-bond donors (Lipinski definition) is 2. The number of ether oxygens (including phenoxy) is 2. The second-order valence-corrected chi connectivity index (χ2v) is 4.52. The number of methoxy groups -OCH3 is 1. The summed E-state index contributed by atoms with van der Waals surface area (Å²) in [5.74, 6) is -0.945. The highest BCUT2D eigenvalue weighted by atomic mass is 19.4. The summed E-state index contributed by atoms with van der Waals surface area (Å²) in [4.78, 5) is 11.6. The molecule has 0 aliphatic heterocycles. The van der Waals surface area contributed by atoms with E-state index in [1.165, 1.54) is 19.2 Å². The molecule has 3 N–H and O–H groups in total. The Balaban J connectivity index is 2.75. The Morgan fingerprint density at radius 3 is 2.57 bits per heavy atom. The van der Waals surface area contributed by atoms with Crippen molar-refractivity contribution in [3.05, 3.63) is 24.3 Å². The Bertz CT molecular complexity index is 490. The second-order valence-electron chi connectivity index (χ2n) is 4.52. The van der Waals surface area contributed by atoms with Crippen molar-refractivity contribution in [1.82, 2.24) is 0 Å². The Hall–Kier alpha value is -1.80. The fourth-order valence-electron chi connectivity index (χ4n) is 1.30. The van der Waals surface area contributed by atoms with E-state index >= 15 is 0 Å². The second kappa shape index (κ2) is 6.77. The van der Waals surface area contributed by atoms with Gasteiger partial charge in [0.05, 0.1) is 6.61 Å². The summed E-state index contributed by atoms with van der Waals surface area (Å²) in [6.07, 6.45) is -4.84. The molecule has 0 bridgehead atoms. The zero-order valence-electron chi connectivity index (χ0n) is 11.7. The van der Waals surface area contributed by atoms with Crippen molar-refractivity contribution in [3.63, 3.8) is 0 Å². The predicted octanol–water partition coefficient (Wildman–Crippen LogP) is 1.93. The van der Waals surface area contributed by atoms with Gasteiger partial charge in [-0.15, -0.1) is 0 Å². The number of nitrogens with one attached hydrogen (secondary N) is 1. The lowest BCUT2D eigenvalue weighted by Crippen LogP contribution is -2.59. The molecule has 118 valence electrons. The number of rotatable bonds is 6. The Morgan fingerprint density at radius 2 is 2.00 bits per heavy atom. The van der Waals surface area contributed by atoms with Crippen LogP contribution in [0, 0.1) is 0 Å². The smallest absolute Gasteiger partial charge is 0.415 e. The van der Waals surface area contributed by atoms with Crippen molar-refractivity contribution in [1.29, 1.82) is 0 Å². The quantitative estimate of drug-likeness (QED) is 0.788. The van der Waals surface area contributed by atoms with Gasteiger partial charge in [0, 0.05) is 18.9 Å². The Morgan fingerprint density at radius 1 is 1.33 bits per heavy atom. The maximum atomic E-state index is 12.6. The van der Waals surface area contributed by atoms with Crippen LogP contribution in [0.3, 0.4) is 0 Å². The third kappa shape index (κ3) is 4.61. The molecular formula is C13H17F3N2O3. The number of carbonyl (C=O) groups is 1. The van der Waals surface area contributed by atoms with Gasteiger partial charge >= 0.3 is 6.18 Å². The van der Waals surface area contributed by atoms with Crippen LogP contribution in [-0.4, -0.2) is 37.9 Å². The van der Waals surface area contributed by atoms with Crippen molar-refractivity contribution in [2.24, 2.45) is 5.73 Å². The third-order valence-electron chi connectivity index (χ3n) is 2.71. The summed E-state index contributed by atoms with van der Waals surface area (Å²) in [6, 6.07) is 5.99. The molecule has 0 aromatic heterocycles. The van der Waals surface area contributed by atoms with Crippen molar-refractivity contribution in [2.45, 2.75) is 18.6 Å². The molecule has 5 nitrogen and oxygen atoms in total. The van der Waals surface area contributed by atoms with E-state index in [2.05, 4.69) is 5.32 Å². The number of benzene rings is 1. The topological polar surface area (TPSA) is 73.6 Å². The van der Waals surface area contributed by atoms with Crippen molar-refractivity contribution in [3.8, 4) is 5.75 Å². The highest BCUT2D eigenvalue weighted by Gasteiger charge is 2.53. The minimum absolute atomic E-state index is 0.163. The molecule has 0 aliphatic rings. The molecule has 1 atom stereocenters. The van der Waals surface area contributed by atoms with Gasteiger partial charge in [0.25, 0.3) is 5.91 Å². The number of nitrogens with two attached hydrogens (primary N) is 1. The summed E-state index contributed by atoms with van der Waals surface area (Å²) in [5, 5.41) is 2.12. The zero-order chi connectivity index (χ0) is 16.1. The fraction of sp³-hybridized carbons (Fsp3) is 0.462. The monoisotopic (exact) mass is 306 g/mol. The molecule has 21 heavy (non-hydrogen) atoms. The van der Waals surface area contributed by atoms with E-state index in [1.807, 2.05) is 0 Å². The van der Waals surface area contributed by atoms with E-state index in [4.69, 9.17) is 15.2 Å². The first-order valence-corrected chi connectivity index (χ1v) is 6.07. The van der Waals surface area contributed by atoms with Crippen LogP contribution in [0.1, 0.15) is 6.92 Å². The summed E-state index contributed by atoms with van der Waals surface area (Å²) >= 11 is 0. The van der Waals surface area contributed by atoms with E-state index in [-0.39, 0.29) is 12.3 Å². The van der Waals surface area contributed by atoms with Crippen LogP contribution in [0.4, 0.5) is 18.9 Å². The van der Waals surface area contributed by atoms with Crippen LogP contribution in [-0.2, 0) is 9.53 Å². The first-order chi connectivity index (χ1) is 9.68. The molecule has 0 saturated heterocycles. The lowest BCUT2D eigenvalue weighted by molar-refractivity contribution is -0.184. The number of anilines is 1. The molecule has 0 heterocycles. The highest BCUT2D eigenvalue weighted by molar-refractivity contribution is 5.98. The standard InChI is InChI=1S/C13H17F3N2O3/c1-12(17,13(14,15)16)11(19)18-9-4-3-5-10(8-9)21-7-6-20-2/h3-5,8H,6-7,17H2,1-2H3,(H,18,19). The molecule has 1 unspecified atom stereocenters. The van der Waals surface area contributed by atoms with Gasteiger partial charge < -0.3 is 20.5 Å². The summed E-state index contributed by atoms with van der Waals surface area (Å²) in [7, 11) is 1.51. The fourth-order valence-corrected chi connectivity index (χ4v) is 1.30. The maximum Gasteiger partial charge on any atom is 0.415 e. The lowest BCUT2D eigenvalue weighted by atomic mass is 10.0. The number of alkyl halides is 3. The molecule has 1 amide bonds. The van der Waals surface area contributed by atoms with E-state index in [0.717, 1.165) is 0 Å². The number of carbonyl (C=O) groups excluding carboxylic acids is 1. The minimum atomic E-state index is -4.84. The van der Waals surface area contributed by atoms with Crippen LogP contribution < -0.4 is 15.8 Å². The van der Waals surface area contributed by atoms with Gasteiger partial charge in [0.15, 0.2) is 5.54 Å². The van der Waals surface area contributed by atoms with E-state index in [9.17, 15) is 18.0 Å². The normalized spacial score (nSPS) is 14.4. The van der Waals surface area contributed by atoms with Crippen LogP contribution >= 0.6 is 0 Å². The summed E-state index contributed by atoms with van der Waals surface area (Å²) < 4.78 is 48.0. The molecular weight excluding hydrogens is 289 g/mol. The minimum Gasteiger partial charge on any atom is -0.491 e. The molecule has 0 fully saturated rings. The van der Waals surface area contributed by atoms with Gasteiger partial charge in [0.1, 0.15) is 12.4 Å². The van der Waals surface area contributed by atoms with Gasteiger partial charge in [-0.2, -0.15) is 13.2 Å². The van der Waals surface area contributed by atoms with Gasteiger partial charge in [0.2, 0.25) is 0 Å². The molecule has 1 aromatic rings. The van der Waals surface area contributed by atoms with Gasteiger partial charge in [-0.1, -0.05) is 6.07 Å². The lowest BCUT2D eigenvalue weighted by Gasteiger charge is -2.26. The van der Waals surface area contributed by atoms with Crippen molar-refractivity contribution < 1.29 is 27.4 Å². The largest absolute Gasteiger partial charge is 0.491 e. The Labute approximate surface area is 120 Å². The molecule has 0 aliphatic carbocycles. The average molecular weight is 306 g/mol. The van der Waals surface area contributed by atoms with Crippen LogP contribution in [0.15, 0.2) is 24.3 Å². The van der Waals surface area contributed by atoms with E-state index in [1.54, 1.807) is 12.1 Å². The van der Waals surface area contributed by atoms with Crippen LogP contribution in [0.25, 0.3) is 0 Å². The van der Waals surface area contributed by atoms with Crippen molar-refractivity contribution >= 4 is 11.6 Å². The number of amides is 1. The first-order valence-electron chi connectivity index (χ1n) is 6.07. The van der Waals surface area contributed by atoms with E-state index in [0.29, 0.717) is 19.3 Å². The highest BCUT2D eigenvalue weighted by Crippen LogP contribution is 2.29. The predicted molar refractivity (Wildman–Crippen MR) is 71.1 cm³/mol. The summed E-state index contributed by atoms with van der Waals surface area (Å²) in [6.45, 7) is 1.26. The zero-order valence-corrected chi connectivity index (χ0v) is 11.7. The molecule has 0 saturated carbocycles. The average Bonchev–Trinajstić information content (AvgIpc) is 2.38. The van der Waals surface area contributed by atoms with Crippen LogP contribution in [0.2, 0.25) is 0 Å². The molecule has 8 heteroatoms. The van der Waals surface area contributed by atoms with Gasteiger partial charge in [-0.3, -0.25) is 4.79 Å². The first kappa shape index (κ1) is 17.3. The number of halogens is 3. The molecule has 1 aromatic carbocycles. The Kier molecular flexibility index (Phi) is 5.56. The SMILES string of the molecule is COCCOc1cccc(NC(=O)C(C)(N)C(F)(F)F)c1. The number of hydrogen-bond acceptors (Lipinski definition) is 4. The van der Waals surface area contributed by atoms with Gasteiger partial charge in [-0.25, -0.2) is 0 Å². The molecule has 0 radical (unpaired) electrons. The van der Waals surface area contributed by atoms with Crippen LogP contribution in [0.5, 0.6) is 5.75 Å². The third-order valence-corrected chi connectivity index (χ3v) is 2.71.